The van der Waals surface area contributed by atoms with Gasteiger partial charge in [-0.3, -0.25) is 0 Å². The maximum absolute atomic E-state index is 12.1. The molecule has 138 valence electrons. The number of benzene rings is 3. The van der Waals surface area contributed by atoms with Gasteiger partial charge in [0.2, 0.25) is 5.90 Å². The Hall–Kier alpha value is -3.18. The smallest absolute Gasteiger partial charge is 0.363 e. The van der Waals surface area contributed by atoms with Crippen molar-refractivity contribution < 1.29 is 14.3 Å². The summed E-state index contributed by atoms with van der Waals surface area (Å²) in [6.45, 7) is 0.491. The molecular formula is C23H16BrNO3. The number of hydrogen-bond donors (Lipinski definition) is 0. The molecule has 1 heterocycles. The number of cyclic esters (lactones) is 1. The first-order chi connectivity index (χ1) is 13.7. The first-order valence-corrected chi connectivity index (χ1v) is 9.52. The topological polar surface area (TPSA) is 47.9 Å². The number of halogens is 1. The van der Waals surface area contributed by atoms with E-state index >= 15 is 0 Å². The first kappa shape index (κ1) is 18.2. The molecule has 0 aliphatic carbocycles. The van der Waals surface area contributed by atoms with Crippen LogP contribution in [-0.4, -0.2) is 11.9 Å². The lowest BCUT2D eigenvalue weighted by atomic mass is 10.2. The van der Waals surface area contributed by atoms with Gasteiger partial charge in [0.25, 0.3) is 0 Å². The van der Waals surface area contributed by atoms with Crippen LogP contribution in [0.3, 0.4) is 0 Å². The number of ether oxygens (including phenoxy) is 2. The van der Waals surface area contributed by atoms with Crippen molar-refractivity contribution in [2.45, 2.75) is 6.61 Å². The highest BCUT2D eigenvalue weighted by Crippen LogP contribution is 2.21. The van der Waals surface area contributed by atoms with Crippen molar-refractivity contribution in [3.05, 3.63) is 106 Å². The summed E-state index contributed by atoms with van der Waals surface area (Å²) in [5.41, 5.74) is 2.99. The van der Waals surface area contributed by atoms with Crippen LogP contribution in [0.25, 0.3) is 6.08 Å². The van der Waals surface area contributed by atoms with Crippen molar-refractivity contribution in [3.8, 4) is 5.75 Å². The van der Waals surface area contributed by atoms with E-state index in [0.717, 1.165) is 26.9 Å². The number of nitrogens with zero attached hydrogens (tertiary/aromatic N) is 1. The molecule has 1 aliphatic heterocycles. The van der Waals surface area contributed by atoms with E-state index in [1.54, 1.807) is 6.08 Å². The lowest BCUT2D eigenvalue weighted by molar-refractivity contribution is -0.129. The van der Waals surface area contributed by atoms with Crippen LogP contribution >= 0.6 is 15.9 Å². The van der Waals surface area contributed by atoms with E-state index in [2.05, 4.69) is 20.9 Å². The lowest BCUT2D eigenvalue weighted by Gasteiger charge is -2.06. The summed E-state index contributed by atoms with van der Waals surface area (Å²) in [7, 11) is 0. The third-order valence-electron chi connectivity index (χ3n) is 4.14. The van der Waals surface area contributed by atoms with E-state index in [-0.39, 0.29) is 5.70 Å². The third-order valence-corrected chi connectivity index (χ3v) is 4.67. The third kappa shape index (κ3) is 4.38. The van der Waals surface area contributed by atoms with Crippen LogP contribution in [0, 0.1) is 0 Å². The molecule has 28 heavy (non-hydrogen) atoms. The monoisotopic (exact) mass is 433 g/mol. The van der Waals surface area contributed by atoms with Crippen molar-refractivity contribution in [1.29, 1.82) is 0 Å². The Labute approximate surface area is 171 Å². The number of carbonyl (C=O) groups excluding carboxylic acids is 1. The fourth-order valence-electron chi connectivity index (χ4n) is 2.68. The summed E-state index contributed by atoms with van der Waals surface area (Å²) < 4.78 is 12.1. The Morgan fingerprint density at radius 1 is 0.929 bits per heavy atom. The minimum atomic E-state index is -0.450. The standard InChI is InChI=1S/C23H16BrNO3/c24-19-10-6-17(7-11-19)15-27-20-12-8-16(9-13-20)14-21-23(26)28-22(25-21)18-4-2-1-3-5-18/h1-14H,15H2/b21-14+. The van der Waals surface area contributed by atoms with E-state index in [4.69, 9.17) is 9.47 Å². The Kier molecular flexibility index (Phi) is 5.35. The molecule has 0 saturated carbocycles. The number of esters is 1. The Morgan fingerprint density at radius 3 is 2.36 bits per heavy atom. The van der Waals surface area contributed by atoms with Crippen molar-refractivity contribution in [3.63, 3.8) is 0 Å². The predicted molar refractivity (Wildman–Crippen MR) is 112 cm³/mol. The average Bonchev–Trinajstić information content (AvgIpc) is 3.10. The predicted octanol–water partition coefficient (Wildman–Crippen LogP) is 5.37. The lowest BCUT2D eigenvalue weighted by Crippen LogP contribution is -2.04. The van der Waals surface area contributed by atoms with Gasteiger partial charge in [0.05, 0.1) is 0 Å². The van der Waals surface area contributed by atoms with E-state index in [9.17, 15) is 4.79 Å². The maximum atomic E-state index is 12.1. The normalized spacial score (nSPS) is 14.7. The molecule has 0 spiro atoms. The van der Waals surface area contributed by atoms with E-state index in [1.807, 2.05) is 78.9 Å². The van der Waals surface area contributed by atoms with E-state index in [1.165, 1.54) is 0 Å². The fourth-order valence-corrected chi connectivity index (χ4v) is 2.94. The van der Waals surface area contributed by atoms with Crippen LogP contribution in [0.4, 0.5) is 0 Å². The summed E-state index contributed by atoms with van der Waals surface area (Å²) in [5, 5.41) is 0. The Balaban J connectivity index is 1.44. The molecule has 3 aromatic rings. The fraction of sp³-hybridized carbons (Fsp3) is 0.0435. The van der Waals surface area contributed by atoms with Gasteiger partial charge in [-0.15, -0.1) is 0 Å². The highest BCUT2D eigenvalue weighted by Gasteiger charge is 2.23. The zero-order valence-electron chi connectivity index (χ0n) is 14.8. The van der Waals surface area contributed by atoms with Crippen molar-refractivity contribution in [1.82, 2.24) is 0 Å². The molecule has 4 rings (SSSR count). The Bertz CT molecular complexity index is 1040. The van der Waals surface area contributed by atoms with Gasteiger partial charge in [-0.2, -0.15) is 0 Å². The molecule has 0 fully saturated rings. The first-order valence-electron chi connectivity index (χ1n) is 8.73. The highest BCUT2D eigenvalue weighted by atomic mass is 79.9. The number of hydrogen-bond acceptors (Lipinski definition) is 4. The van der Waals surface area contributed by atoms with Gasteiger partial charge < -0.3 is 9.47 Å². The minimum absolute atomic E-state index is 0.280. The zero-order chi connectivity index (χ0) is 19.3. The van der Waals surface area contributed by atoms with Crippen LogP contribution in [0.15, 0.2) is 94.0 Å². The quantitative estimate of drug-likeness (QED) is 0.401. The largest absolute Gasteiger partial charge is 0.489 e. The molecule has 0 atom stereocenters. The molecule has 1 aliphatic rings. The summed E-state index contributed by atoms with van der Waals surface area (Å²) in [5.74, 6) is 0.633. The molecule has 0 amide bonds. The van der Waals surface area contributed by atoms with Gasteiger partial charge in [0.1, 0.15) is 12.4 Å². The molecule has 0 N–H and O–H groups in total. The molecule has 0 unspecified atom stereocenters. The van der Waals surface area contributed by atoms with Crippen LogP contribution in [0.1, 0.15) is 16.7 Å². The second-order valence-corrected chi connectivity index (χ2v) is 7.10. The molecule has 5 heteroatoms. The average molecular weight is 434 g/mol. The van der Waals surface area contributed by atoms with Crippen molar-refractivity contribution in [2.24, 2.45) is 4.99 Å². The van der Waals surface area contributed by atoms with Crippen molar-refractivity contribution in [2.75, 3.05) is 0 Å². The summed E-state index contributed by atoms with van der Waals surface area (Å²) >= 11 is 3.42. The van der Waals surface area contributed by atoms with Crippen LogP contribution in [0.2, 0.25) is 0 Å². The van der Waals surface area contributed by atoms with E-state index in [0.29, 0.717) is 12.5 Å². The van der Waals surface area contributed by atoms with Gasteiger partial charge >= 0.3 is 5.97 Å². The van der Waals surface area contributed by atoms with Gasteiger partial charge in [-0.25, -0.2) is 9.79 Å². The minimum Gasteiger partial charge on any atom is -0.489 e. The maximum Gasteiger partial charge on any atom is 0.363 e. The molecule has 4 nitrogen and oxygen atoms in total. The summed E-state index contributed by atoms with van der Waals surface area (Å²) in [6, 6.07) is 24.9. The summed E-state index contributed by atoms with van der Waals surface area (Å²) in [6.07, 6.45) is 1.71. The highest BCUT2D eigenvalue weighted by molar-refractivity contribution is 9.10. The number of aliphatic imine (C=N–C) groups is 1. The second-order valence-electron chi connectivity index (χ2n) is 6.19. The summed E-state index contributed by atoms with van der Waals surface area (Å²) in [4.78, 5) is 16.4. The van der Waals surface area contributed by atoms with Crippen molar-refractivity contribution >= 4 is 33.9 Å². The van der Waals surface area contributed by atoms with Crippen LogP contribution in [0.5, 0.6) is 5.75 Å². The van der Waals surface area contributed by atoms with E-state index < -0.39 is 5.97 Å². The number of rotatable bonds is 5. The van der Waals surface area contributed by atoms with Gasteiger partial charge in [-0.05, 0) is 53.6 Å². The number of carbonyl (C=O) groups is 1. The molecule has 0 aromatic heterocycles. The second kappa shape index (κ2) is 8.23. The molecular weight excluding hydrogens is 418 g/mol. The van der Waals surface area contributed by atoms with Gasteiger partial charge in [-0.1, -0.05) is 58.4 Å². The zero-order valence-corrected chi connectivity index (χ0v) is 16.4. The van der Waals surface area contributed by atoms with Gasteiger partial charge in [0.15, 0.2) is 5.70 Å². The van der Waals surface area contributed by atoms with Crippen LogP contribution < -0.4 is 4.74 Å². The molecule has 0 radical (unpaired) electrons. The van der Waals surface area contributed by atoms with Crippen LogP contribution in [-0.2, 0) is 16.1 Å². The molecule has 0 saturated heterocycles. The van der Waals surface area contributed by atoms with Gasteiger partial charge in [0, 0.05) is 10.0 Å². The Morgan fingerprint density at radius 2 is 1.64 bits per heavy atom. The molecule has 3 aromatic carbocycles. The SMILES string of the molecule is O=C1OC(c2ccccc2)=N/C1=C/c1ccc(OCc2ccc(Br)cc2)cc1. The molecule has 0 bridgehead atoms.